The lowest BCUT2D eigenvalue weighted by Crippen LogP contribution is -2.23. The van der Waals surface area contributed by atoms with Gasteiger partial charge >= 0.3 is 6.61 Å². The number of para-hydroxylation sites is 1. The third kappa shape index (κ3) is 3.90. The first-order valence-corrected chi connectivity index (χ1v) is 9.59. The van der Waals surface area contributed by atoms with Crippen LogP contribution in [0.4, 0.5) is 8.78 Å². The number of fused-ring (bicyclic) bond motifs is 3. The molecule has 152 valence electrons. The first-order valence-electron chi connectivity index (χ1n) is 9.59. The maximum absolute atomic E-state index is 12.8. The second-order valence-electron chi connectivity index (χ2n) is 7.06. The van der Waals surface area contributed by atoms with Gasteiger partial charge in [0.1, 0.15) is 0 Å². The number of alkyl halides is 2. The van der Waals surface area contributed by atoms with Crippen LogP contribution in [0.3, 0.4) is 0 Å². The molecule has 0 radical (unpaired) electrons. The molecule has 2 aromatic carbocycles. The average molecular weight is 400 g/mol. The number of benzene rings is 2. The van der Waals surface area contributed by atoms with E-state index >= 15 is 0 Å². The van der Waals surface area contributed by atoms with Crippen LogP contribution in [0.5, 0.6) is 11.5 Å². The van der Waals surface area contributed by atoms with Gasteiger partial charge in [-0.1, -0.05) is 18.2 Å². The molecule has 1 aliphatic carbocycles. The third-order valence-electron chi connectivity index (χ3n) is 5.28. The minimum Gasteiger partial charge on any atom is -0.493 e. The molecule has 5 nitrogen and oxygen atoms in total. The van der Waals surface area contributed by atoms with Crippen molar-refractivity contribution in [1.29, 1.82) is 0 Å². The van der Waals surface area contributed by atoms with E-state index in [1.165, 1.54) is 24.4 Å². The van der Waals surface area contributed by atoms with E-state index in [4.69, 9.17) is 4.74 Å². The maximum Gasteiger partial charge on any atom is 0.387 e. The summed E-state index contributed by atoms with van der Waals surface area (Å²) in [5.74, 6) is -0.0724. The molecule has 1 aliphatic rings. The number of amides is 1. The summed E-state index contributed by atoms with van der Waals surface area (Å²) in [7, 11) is 1.38. The van der Waals surface area contributed by atoms with Crippen LogP contribution in [0.1, 0.15) is 40.0 Å². The molecule has 0 fully saturated rings. The molecule has 1 amide bonds. The minimum atomic E-state index is -2.95. The lowest BCUT2D eigenvalue weighted by atomic mass is 9.95. The molecular formula is C22H22F2N2O3. The van der Waals surface area contributed by atoms with Crippen molar-refractivity contribution in [2.45, 2.75) is 38.8 Å². The SMILES string of the molecule is COc1ccc(CNC(=O)c2cccc3c4c([nH]c23)CCCC4)cc1OC(F)F. The molecule has 1 aromatic heterocycles. The Labute approximate surface area is 167 Å². The number of hydrogen-bond acceptors (Lipinski definition) is 3. The van der Waals surface area contributed by atoms with Gasteiger partial charge in [-0.25, -0.2) is 0 Å². The van der Waals surface area contributed by atoms with Crippen LogP contribution >= 0.6 is 0 Å². The Morgan fingerprint density at radius 3 is 2.79 bits per heavy atom. The molecule has 0 atom stereocenters. The molecule has 0 spiro atoms. The molecule has 3 aromatic rings. The number of carbonyl (C=O) groups excluding carboxylic acids is 1. The summed E-state index contributed by atoms with van der Waals surface area (Å²) < 4.78 is 34.7. The van der Waals surface area contributed by atoms with Gasteiger partial charge in [-0.15, -0.1) is 0 Å². The highest BCUT2D eigenvalue weighted by Gasteiger charge is 2.19. The van der Waals surface area contributed by atoms with E-state index in [0.29, 0.717) is 11.1 Å². The molecule has 4 rings (SSSR count). The molecule has 7 heteroatoms. The Morgan fingerprint density at radius 1 is 1.17 bits per heavy atom. The topological polar surface area (TPSA) is 63.3 Å². The summed E-state index contributed by atoms with van der Waals surface area (Å²) in [6.45, 7) is -2.77. The Morgan fingerprint density at radius 2 is 2.00 bits per heavy atom. The van der Waals surface area contributed by atoms with Crippen molar-refractivity contribution < 1.29 is 23.0 Å². The largest absolute Gasteiger partial charge is 0.493 e. The number of aromatic nitrogens is 1. The van der Waals surface area contributed by atoms with E-state index in [1.54, 1.807) is 18.2 Å². The lowest BCUT2D eigenvalue weighted by Gasteiger charge is -2.12. The van der Waals surface area contributed by atoms with Gasteiger partial charge in [-0.3, -0.25) is 4.79 Å². The van der Waals surface area contributed by atoms with Crippen LogP contribution < -0.4 is 14.8 Å². The Bertz CT molecular complexity index is 1050. The zero-order valence-corrected chi connectivity index (χ0v) is 16.1. The van der Waals surface area contributed by atoms with Crippen molar-refractivity contribution >= 4 is 16.8 Å². The molecule has 2 N–H and O–H groups in total. The second-order valence-corrected chi connectivity index (χ2v) is 7.06. The van der Waals surface area contributed by atoms with Gasteiger partial charge in [-0.2, -0.15) is 8.78 Å². The van der Waals surface area contributed by atoms with Crippen LogP contribution in [0.2, 0.25) is 0 Å². The van der Waals surface area contributed by atoms with Crippen molar-refractivity contribution in [1.82, 2.24) is 10.3 Å². The zero-order valence-electron chi connectivity index (χ0n) is 16.1. The van der Waals surface area contributed by atoms with Crippen LogP contribution in [-0.2, 0) is 19.4 Å². The number of carbonyl (C=O) groups is 1. The predicted molar refractivity (Wildman–Crippen MR) is 106 cm³/mol. The fourth-order valence-electron chi connectivity index (χ4n) is 3.92. The molecule has 29 heavy (non-hydrogen) atoms. The molecule has 1 heterocycles. The number of aromatic amines is 1. The number of ether oxygens (including phenoxy) is 2. The van der Waals surface area contributed by atoms with E-state index in [2.05, 4.69) is 15.0 Å². The van der Waals surface area contributed by atoms with Crippen LogP contribution in [0.25, 0.3) is 10.9 Å². The summed E-state index contributed by atoms with van der Waals surface area (Å²) in [6.07, 6.45) is 4.35. The molecule has 0 unspecified atom stereocenters. The zero-order chi connectivity index (χ0) is 20.4. The predicted octanol–water partition coefficient (Wildman–Crippen LogP) is 4.59. The van der Waals surface area contributed by atoms with E-state index in [-0.39, 0.29) is 24.0 Å². The van der Waals surface area contributed by atoms with Crippen LogP contribution in [0.15, 0.2) is 36.4 Å². The monoisotopic (exact) mass is 400 g/mol. The van der Waals surface area contributed by atoms with E-state index in [1.807, 2.05) is 12.1 Å². The fourth-order valence-corrected chi connectivity index (χ4v) is 3.92. The Hall–Kier alpha value is -3.09. The van der Waals surface area contributed by atoms with Gasteiger partial charge in [0, 0.05) is 17.6 Å². The van der Waals surface area contributed by atoms with Crippen LogP contribution in [0, 0.1) is 0 Å². The smallest absolute Gasteiger partial charge is 0.387 e. The van der Waals surface area contributed by atoms with Crippen molar-refractivity contribution in [2.24, 2.45) is 0 Å². The lowest BCUT2D eigenvalue weighted by molar-refractivity contribution is -0.0512. The minimum absolute atomic E-state index is 0.0617. The number of H-pyrrole nitrogens is 1. The highest BCUT2D eigenvalue weighted by Crippen LogP contribution is 2.31. The molecular weight excluding hydrogens is 378 g/mol. The van der Waals surface area contributed by atoms with Gasteiger partial charge < -0.3 is 19.8 Å². The number of halogens is 2. The summed E-state index contributed by atoms with van der Waals surface area (Å²) in [6, 6.07) is 10.4. The van der Waals surface area contributed by atoms with Gasteiger partial charge in [0.05, 0.1) is 18.2 Å². The van der Waals surface area contributed by atoms with Gasteiger partial charge in [0.2, 0.25) is 0 Å². The van der Waals surface area contributed by atoms with E-state index in [9.17, 15) is 13.6 Å². The first kappa shape index (κ1) is 19.2. The van der Waals surface area contributed by atoms with Gasteiger partial charge in [0.15, 0.2) is 11.5 Å². The maximum atomic E-state index is 12.8. The normalized spacial score (nSPS) is 13.4. The highest BCUT2D eigenvalue weighted by atomic mass is 19.3. The summed E-state index contributed by atoms with van der Waals surface area (Å²) in [5, 5.41) is 3.96. The Kier molecular flexibility index (Phi) is 5.38. The van der Waals surface area contributed by atoms with Crippen LogP contribution in [-0.4, -0.2) is 24.6 Å². The number of hydrogen-bond donors (Lipinski definition) is 2. The first-order chi connectivity index (χ1) is 14.1. The third-order valence-corrected chi connectivity index (χ3v) is 5.28. The van der Waals surface area contributed by atoms with Crippen molar-refractivity contribution in [2.75, 3.05) is 7.11 Å². The van der Waals surface area contributed by atoms with Gasteiger partial charge in [0.25, 0.3) is 5.91 Å². The average Bonchev–Trinajstić information content (AvgIpc) is 3.10. The summed E-state index contributed by atoms with van der Waals surface area (Å²) in [4.78, 5) is 16.3. The molecule has 0 aliphatic heterocycles. The molecule has 0 saturated heterocycles. The van der Waals surface area contributed by atoms with E-state index < -0.39 is 6.61 Å². The number of aryl methyl sites for hydroxylation is 2. The molecule has 0 bridgehead atoms. The molecule has 0 saturated carbocycles. The van der Waals surface area contributed by atoms with Gasteiger partial charge in [-0.05, 0) is 55.0 Å². The van der Waals surface area contributed by atoms with Crippen molar-refractivity contribution in [3.63, 3.8) is 0 Å². The number of methoxy groups -OCH3 is 1. The van der Waals surface area contributed by atoms with Crippen molar-refractivity contribution in [3.8, 4) is 11.5 Å². The summed E-state index contributed by atoms with van der Waals surface area (Å²) in [5.41, 5.74) is 4.59. The van der Waals surface area contributed by atoms with Crippen molar-refractivity contribution in [3.05, 3.63) is 58.8 Å². The Balaban J connectivity index is 1.54. The standard InChI is InChI=1S/C22H22F2N2O3/c1-28-18-10-9-13(11-19(18)29-22(23)24)12-25-21(27)16-7-4-6-15-14-5-2-3-8-17(14)26-20(15)16/h4,6-7,9-11,22,26H,2-3,5,8,12H2,1H3,(H,25,27). The van der Waals surface area contributed by atoms with E-state index in [0.717, 1.165) is 36.6 Å². The highest BCUT2D eigenvalue weighted by molar-refractivity contribution is 6.06. The number of nitrogens with one attached hydrogen (secondary N) is 2. The quantitative estimate of drug-likeness (QED) is 0.636. The fraction of sp³-hybridized carbons (Fsp3) is 0.318. The second kappa shape index (κ2) is 8.11. The summed E-state index contributed by atoms with van der Waals surface area (Å²) >= 11 is 0. The number of rotatable bonds is 6.